The molecule has 2 aromatic heterocycles. The molecule has 1 N–H and O–H groups in total. The lowest BCUT2D eigenvalue weighted by atomic mass is 10.2. The summed E-state index contributed by atoms with van der Waals surface area (Å²) in [6.07, 6.45) is 1.63. The Morgan fingerprint density at radius 1 is 1.40 bits per heavy atom. The maximum Gasteiger partial charge on any atom is 0.289 e. The van der Waals surface area contributed by atoms with Crippen molar-refractivity contribution in [1.82, 2.24) is 9.38 Å². The Morgan fingerprint density at radius 3 is 2.84 bits per heavy atom. The molecule has 0 aliphatic carbocycles. The Hall–Kier alpha value is -3.00. The van der Waals surface area contributed by atoms with Crippen molar-refractivity contribution in [1.29, 1.82) is 0 Å². The van der Waals surface area contributed by atoms with Crippen molar-refractivity contribution in [3.63, 3.8) is 0 Å². The number of fused-ring (bicyclic) bond motifs is 1. The summed E-state index contributed by atoms with van der Waals surface area (Å²) in [6.45, 7) is 1.82. The van der Waals surface area contributed by atoms with Crippen molar-refractivity contribution in [2.24, 2.45) is 0 Å². The molecule has 0 aliphatic heterocycles. The molecule has 0 saturated heterocycles. The molecule has 25 heavy (non-hydrogen) atoms. The lowest BCUT2D eigenvalue weighted by Gasteiger charge is -2.07. The molecule has 0 fully saturated rings. The molecule has 128 valence electrons. The van der Waals surface area contributed by atoms with E-state index in [-0.39, 0.29) is 22.1 Å². The first-order valence-electron chi connectivity index (χ1n) is 7.32. The third kappa shape index (κ3) is 3.16. The average molecular weight is 363 g/mol. The van der Waals surface area contributed by atoms with Crippen molar-refractivity contribution in [2.45, 2.75) is 13.3 Å². The highest BCUT2D eigenvalue weighted by Crippen LogP contribution is 2.28. The van der Waals surface area contributed by atoms with Gasteiger partial charge in [-0.2, -0.15) is 0 Å². The number of anilines is 1. The van der Waals surface area contributed by atoms with E-state index in [1.165, 1.54) is 34.9 Å². The number of carbonyl (C=O) groups excluding carboxylic acids is 1. The molecule has 0 aliphatic rings. The summed E-state index contributed by atoms with van der Waals surface area (Å²) < 4.78 is 14.9. The third-order valence-electron chi connectivity index (χ3n) is 3.61. The number of nitro groups is 1. The molecule has 1 aromatic carbocycles. The lowest BCUT2D eigenvalue weighted by Crippen LogP contribution is -2.16. The molecule has 0 saturated carbocycles. The van der Waals surface area contributed by atoms with Gasteiger partial charge in [0.15, 0.2) is 0 Å². The number of hydrogen-bond acceptors (Lipinski definition) is 4. The normalized spacial score (nSPS) is 10.8. The molecule has 3 rings (SSSR count). The second kappa shape index (κ2) is 6.48. The van der Waals surface area contributed by atoms with E-state index in [1.807, 2.05) is 6.92 Å². The molecule has 0 radical (unpaired) electrons. The summed E-state index contributed by atoms with van der Waals surface area (Å²) in [5.41, 5.74) is 0.987. The SMILES string of the molecule is CCc1nc2ccc(F)cn2c1C(=O)Nc1ccc(Cl)c([N+](=O)[O-])c1. The van der Waals surface area contributed by atoms with Crippen molar-refractivity contribution in [2.75, 3.05) is 5.32 Å². The molecule has 0 unspecified atom stereocenters. The van der Waals surface area contributed by atoms with E-state index in [0.717, 1.165) is 6.07 Å². The van der Waals surface area contributed by atoms with Crippen LogP contribution in [-0.4, -0.2) is 20.2 Å². The van der Waals surface area contributed by atoms with Gasteiger partial charge in [0.1, 0.15) is 22.2 Å². The zero-order valence-corrected chi connectivity index (χ0v) is 13.7. The standard InChI is InChI=1S/C16H12ClFN4O3/c1-2-12-15(21-8-9(18)3-6-14(21)20-12)16(23)19-10-4-5-11(17)13(7-10)22(24)25/h3-8H,2H2,1H3,(H,19,23). The number of pyridine rings is 1. The Kier molecular flexibility index (Phi) is 4.37. The fourth-order valence-corrected chi connectivity index (χ4v) is 2.66. The number of imidazole rings is 1. The monoisotopic (exact) mass is 362 g/mol. The minimum atomic E-state index is -0.640. The van der Waals surface area contributed by atoms with E-state index in [2.05, 4.69) is 10.3 Å². The molecule has 0 bridgehead atoms. The summed E-state index contributed by atoms with van der Waals surface area (Å²) in [6, 6.07) is 6.66. The third-order valence-corrected chi connectivity index (χ3v) is 3.92. The Morgan fingerprint density at radius 2 is 2.16 bits per heavy atom. The highest BCUT2D eigenvalue weighted by Gasteiger charge is 2.20. The number of carbonyl (C=O) groups is 1. The fraction of sp³-hybridized carbons (Fsp3) is 0.125. The highest BCUT2D eigenvalue weighted by atomic mass is 35.5. The van der Waals surface area contributed by atoms with Crippen LogP contribution < -0.4 is 5.32 Å². The second-order valence-electron chi connectivity index (χ2n) is 5.21. The van der Waals surface area contributed by atoms with E-state index in [4.69, 9.17) is 11.6 Å². The molecule has 9 heteroatoms. The van der Waals surface area contributed by atoms with Gasteiger partial charge in [-0.05, 0) is 30.7 Å². The van der Waals surface area contributed by atoms with Gasteiger partial charge in [0.2, 0.25) is 0 Å². The fourth-order valence-electron chi connectivity index (χ4n) is 2.48. The second-order valence-corrected chi connectivity index (χ2v) is 5.62. The molecule has 2 heterocycles. The van der Waals surface area contributed by atoms with Gasteiger partial charge in [-0.25, -0.2) is 9.37 Å². The van der Waals surface area contributed by atoms with Crippen molar-refractivity contribution in [3.8, 4) is 0 Å². The summed E-state index contributed by atoms with van der Waals surface area (Å²) in [7, 11) is 0. The minimum Gasteiger partial charge on any atom is -0.320 e. The van der Waals surface area contributed by atoms with Crippen LogP contribution in [0.4, 0.5) is 15.8 Å². The topological polar surface area (TPSA) is 89.5 Å². The average Bonchev–Trinajstić information content (AvgIpc) is 2.94. The van der Waals surface area contributed by atoms with Crippen LogP contribution in [0.5, 0.6) is 0 Å². The highest BCUT2D eigenvalue weighted by molar-refractivity contribution is 6.32. The van der Waals surface area contributed by atoms with Crippen LogP contribution in [0.15, 0.2) is 36.5 Å². The van der Waals surface area contributed by atoms with E-state index >= 15 is 0 Å². The summed E-state index contributed by atoms with van der Waals surface area (Å²) in [5, 5.41) is 13.5. The Bertz CT molecular complexity index is 1000. The lowest BCUT2D eigenvalue weighted by molar-refractivity contribution is -0.384. The van der Waals surface area contributed by atoms with Gasteiger partial charge in [0.25, 0.3) is 11.6 Å². The molecule has 0 atom stereocenters. The van der Waals surface area contributed by atoms with Crippen LogP contribution >= 0.6 is 11.6 Å². The van der Waals surface area contributed by atoms with Gasteiger partial charge in [-0.15, -0.1) is 0 Å². The quantitative estimate of drug-likeness (QED) is 0.564. The zero-order chi connectivity index (χ0) is 18.1. The Balaban J connectivity index is 2.02. The van der Waals surface area contributed by atoms with Gasteiger partial charge in [-0.1, -0.05) is 18.5 Å². The number of rotatable bonds is 4. The van der Waals surface area contributed by atoms with Crippen LogP contribution in [0.1, 0.15) is 23.1 Å². The van der Waals surface area contributed by atoms with Gasteiger partial charge in [0.05, 0.1) is 10.6 Å². The maximum atomic E-state index is 13.5. The molecule has 7 nitrogen and oxygen atoms in total. The summed E-state index contributed by atoms with van der Waals surface area (Å²) in [5.74, 6) is -1.06. The first-order valence-corrected chi connectivity index (χ1v) is 7.70. The van der Waals surface area contributed by atoms with Crippen LogP contribution in [0.2, 0.25) is 5.02 Å². The van der Waals surface area contributed by atoms with E-state index in [9.17, 15) is 19.3 Å². The largest absolute Gasteiger partial charge is 0.320 e. The van der Waals surface area contributed by atoms with E-state index < -0.39 is 16.6 Å². The number of nitrogens with one attached hydrogen (secondary N) is 1. The predicted molar refractivity (Wildman–Crippen MR) is 90.6 cm³/mol. The van der Waals surface area contributed by atoms with Crippen LogP contribution in [0.25, 0.3) is 5.65 Å². The molecule has 0 spiro atoms. The maximum absolute atomic E-state index is 13.5. The predicted octanol–water partition coefficient (Wildman–Crippen LogP) is 3.85. The molecule has 1 amide bonds. The van der Waals surface area contributed by atoms with Crippen molar-refractivity contribution >= 4 is 34.5 Å². The van der Waals surface area contributed by atoms with Gasteiger partial charge >= 0.3 is 0 Å². The summed E-state index contributed by atoms with van der Waals surface area (Å²) >= 11 is 5.76. The number of aromatic nitrogens is 2. The van der Waals surface area contributed by atoms with Gasteiger partial charge in [-0.3, -0.25) is 19.3 Å². The number of aryl methyl sites for hydroxylation is 1. The molecular formula is C16H12ClFN4O3. The van der Waals surface area contributed by atoms with Gasteiger partial charge in [0, 0.05) is 18.0 Å². The summed E-state index contributed by atoms with van der Waals surface area (Å²) in [4.78, 5) is 27.3. The van der Waals surface area contributed by atoms with Crippen LogP contribution in [0.3, 0.4) is 0 Å². The Labute approximate surface area is 146 Å². The van der Waals surface area contributed by atoms with Crippen molar-refractivity contribution < 1.29 is 14.1 Å². The minimum absolute atomic E-state index is 0.0332. The number of hydrogen-bond donors (Lipinski definition) is 1. The van der Waals surface area contributed by atoms with Crippen molar-refractivity contribution in [3.05, 3.63) is 68.9 Å². The van der Waals surface area contributed by atoms with Crippen LogP contribution in [-0.2, 0) is 6.42 Å². The number of nitrogens with zero attached hydrogens (tertiary/aromatic N) is 3. The number of amides is 1. The first kappa shape index (κ1) is 16.8. The molecule has 3 aromatic rings. The van der Waals surface area contributed by atoms with E-state index in [1.54, 1.807) is 0 Å². The van der Waals surface area contributed by atoms with Gasteiger partial charge < -0.3 is 5.32 Å². The van der Waals surface area contributed by atoms with Crippen LogP contribution in [0, 0.1) is 15.9 Å². The number of benzene rings is 1. The molecular weight excluding hydrogens is 351 g/mol. The smallest absolute Gasteiger partial charge is 0.289 e. The number of halogens is 2. The number of nitro benzene ring substituents is 1. The van der Waals surface area contributed by atoms with E-state index in [0.29, 0.717) is 17.8 Å². The first-order chi connectivity index (χ1) is 11.9. The zero-order valence-electron chi connectivity index (χ0n) is 13.0.